The molecule has 6 nitrogen and oxygen atoms in total. The Balaban J connectivity index is 1.57. The first-order valence-corrected chi connectivity index (χ1v) is 11.0. The molecule has 0 radical (unpaired) electrons. The minimum absolute atomic E-state index is 0.00886. The summed E-state index contributed by atoms with van der Waals surface area (Å²) in [6.45, 7) is 3.93. The number of aryl methyl sites for hydroxylation is 1. The predicted octanol–water partition coefficient (Wildman–Crippen LogP) is 5.15. The Kier molecular flexibility index (Phi) is 6.23. The lowest BCUT2D eigenvalue weighted by atomic mass is 10.1. The van der Waals surface area contributed by atoms with Gasteiger partial charge in [0.25, 0.3) is 0 Å². The molecule has 1 unspecified atom stereocenters. The molecule has 4 aromatic rings. The van der Waals surface area contributed by atoms with Crippen molar-refractivity contribution in [3.05, 3.63) is 84.3 Å². The number of para-hydroxylation sites is 1. The summed E-state index contributed by atoms with van der Waals surface area (Å²) in [6, 6.07) is 21.8. The van der Waals surface area contributed by atoms with E-state index in [1.54, 1.807) is 11.2 Å². The van der Waals surface area contributed by atoms with Crippen molar-refractivity contribution in [2.75, 3.05) is 12.8 Å². The van der Waals surface area contributed by atoms with E-state index >= 15 is 0 Å². The summed E-state index contributed by atoms with van der Waals surface area (Å²) in [7, 11) is 1.84. The number of carbonyl (C=O) groups is 1. The molecule has 0 saturated heterocycles. The summed E-state index contributed by atoms with van der Waals surface area (Å²) in [5.41, 5.74) is 2.92. The Labute approximate surface area is 185 Å². The van der Waals surface area contributed by atoms with E-state index in [0.717, 1.165) is 22.6 Å². The van der Waals surface area contributed by atoms with E-state index in [-0.39, 0.29) is 17.7 Å². The molecular weight excluding hydrogens is 408 g/mol. The van der Waals surface area contributed by atoms with E-state index in [2.05, 4.69) is 10.2 Å². The number of aromatic nitrogens is 3. The monoisotopic (exact) mass is 432 g/mol. The minimum atomic E-state index is -0.00886. The zero-order chi connectivity index (χ0) is 21.8. The second-order valence-corrected chi connectivity index (χ2v) is 8.19. The number of hydrogen-bond donors (Lipinski definition) is 0. The van der Waals surface area contributed by atoms with Crippen LogP contribution in [0.25, 0.3) is 17.1 Å². The van der Waals surface area contributed by atoms with Crippen LogP contribution in [0.5, 0.6) is 0 Å². The number of furan rings is 1. The third-order valence-corrected chi connectivity index (χ3v) is 6.24. The van der Waals surface area contributed by atoms with Gasteiger partial charge in [-0.25, -0.2) is 0 Å². The first kappa shape index (κ1) is 20.9. The van der Waals surface area contributed by atoms with E-state index in [4.69, 9.17) is 4.42 Å². The quantitative estimate of drug-likeness (QED) is 0.378. The fourth-order valence-corrected chi connectivity index (χ4v) is 4.24. The SMILES string of the molecule is Cc1occc1-c1nnc(SCC(=O)N(C)C(C)c2ccccc2)n1-c1ccccc1. The molecule has 1 atom stereocenters. The molecule has 0 spiro atoms. The molecule has 1 amide bonds. The normalized spacial score (nSPS) is 12.0. The lowest BCUT2D eigenvalue weighted by molar-refractivity contribution is -0.128. The Morgan fingerprint density at radius 3 is 2.39 bits per heavy atom. The molecular formula is C24H24N4O2S. The number of carbonyl (C=O) groups excluding carboxylic acids is 1. The number of benzene rings is 2. The van der Waals surface area contributed by atoms with Crippen LogP contribution in [0.1, 0.15) is 24.3 Å². The van der Waals surface area contributed by atoms with E-state index in [0.29, 0.717) is 11.0 Å². The number of thioether (sulfide) groups is 1. The zero-order valence-corrected chi connectivity index (χ0v) is 18.5. The van der Waals surface area contributed by atoms with E-state index in [1.807, 2.05) is 92.2 Å². The Morgan fingerprint density at radius 2 is 1.74 bits per heavy atom. The molecule has 0 fully saturated rings. The Bertz CT molecular complexity index is 1150. The lowest BCUT2D eigenvalue weighted by Gasteiger charge is -2.25. The van der Waals surface area contributed by atoms with Gasteiger partial charge >= 0.3 is 0 Å². The molecule has 0 saturated carbocycles. The highest BCUT2D eigenvalue weighted by atomic mass is 32.2. The van der Waals surface area contributed by atoms with E-state index in [1.165, 1.54) is 11.8 Å². The summed E-state index contributed by atoms with van der Waals surface area (Å²) in [6.07, 6.45) is 1.64. The zero-order valence-electron chi connectivity index (χ0n) is 17.7. The summed E-state index contributed by atoms with van der Waals surface area (Å²) >= 11 is 1.38. The van der Waals surface area contributed by atoms with Crippen LogP contribution in [0.15, 0.2) is 82.6 Å². The van der Waals surface area contributed by atoms with Crippen LogP contribution < -0.4 is 0 Å². The highest BCUT2D eigenvalue weighted by Gasteiger charge is 2.22. The fourth-order valence-electron chi connectivity index (χ4n) is 3.36. The number of rotatable bonds is 7. The molecule has 4 rings (SSSR count). The van der Waals surface area contributed by atoms with Gasteiger partial charge in [0.05, 0.1) is 23.6 Å². The van der Waals surface area contributed by atoms with E-state index < -0.39 is 0 Å². The standard InChI is InChI=1S/C24H24N4O2S/c1-17(19-10-6-4-7-11-19)27(3)22(29)16-31-24-26-25-23(21-14-15-30-18(21)2)28(24)20-12-8-5-9-13-20/h4-15,17H,16H2,1-3H3. The van der Waals surface area contributed by atoms with Crippen molar-refractivity contribution in [3.8, 4) is 17.1 Å². The van der Waals surface area contributed by atoms with Crippen molar-refractivity contribution >= 4 is 17.7 Å². The van der Waals surface area contributed by atoms with Crippen molar-refractivity contribution in [2.24, 2.45) is 0 Å². The molecule has 7 heteroatoms. The lowest BCUT2D eigenvalue weighted by Crippen LogP contribution is -2.31. The van der Waals surface area contributed by atoms with Gasteiger partial charge < -0.3 is 9.32 Å². The highest BCUT2D eigenvalue weighted by Crippen LogP contribution is 2.30. The van der Waals surface area contributed by atoms with Gasteiger partial charge in [0.1, 0.15) is 5.76 Å². The van der Waals surface area contributed by atoms with Crippen LogP contribution in [0.4, 0.5) is 0 Å². The number of amides is 1. The molecule has 2 aromatic heterocycles. The smallest absolute Gasteiger partial charge is 0.233 e. The maximum Gasteiger partial charge on any atom is 0.233 e. The molecule has 0 aliphatic heterocycles. The van der Waals surface area contributed by atoms with Crippen LogP contribution in [0.3, 0.4) is 0 Å². The molecule has 31 heavy (non-hydrogen) atoms. The minimum Gasteiger partial charge on any atom is -0.469 e. The topological polar surface area (TPSA) is 64.2 Å². The van der Waals surface area contributed by atoms with Crippen LogP contribution in [0, 0.1) is 6.92 Å². The molecule has 0 N–H and O–H groups in total. The second kappa shape index (κ2) is 9.22. The van der Waals surface area contributed by atoms with Crippen molar-refractivity contribution < 1.29 is 9.21 Å². The van der Waals surface area contributed by atoms with Gasteiger partial charge in [0, 0.05) is 12.7 Å². The third-order valence-electron chi connectivity index (χ3n) is 5.33. The maximum absolute atomic E-state index is 12.9. The van der Waals surface area contributed by atoms with Crippen molar-refractivity contribution in [1.29, 1.82) is 0 Å². The molecule has 2 heterocycles. The summed E-state index contributed by atoms with van der Waals surface area (Å²) in [5, 5.41) is 9.46. The van der Waals surface area contributed by atoms with Gasteiger partial charge in [-0.2, -0.15) is 0 Å². The maximum atomic E-state index is 12.9. The molecule has 158 valence electrons. The number of hydrogen-bond acceptors (Lipinski definition) is 5. The average Bonchev–Trinajstić information content (AvgIpc) is 3.43. The molecule has 0 aliphatic carbocycles. The van der Waals surface area contributed by atoms with Gasteiger partial charge in [-0.3, -0.25) is 9.36 Å². The van der Waals surface area contributed by atoms with Crippen molar-refractivity contribution in [3.63, 3.8) is 0 Å². The van der Waals surface area contributed by atoms with Crippen LogP contribution in [-0.4, -0.2) is 38.4 Å². The third kappa shape index (κ3) is 4.41. The first-order chi connectivity index (χ1) is 15.1. The van der Waals surface area contributed by atoms with Gasteiger partial charge in [0.2, 0.25) is 5.91 Å². The predicted molar refractivity (Wildman–Crippen MR) is 122 cm³/mol. The van der Waals surface area contributed by atoms with E-state index in [9.17, 15) is 4.79 Å². The highest BCUT2D eigenvalue weighted by molar-refractivity contribution is 7.99. The largest absolute Gasteiger partial charge is 0.469 e. The van der Waals surface area contributed by atoms with Gasteiger partial charge in [-0.15, -0.1) is 10.2 Å². The summed E-state index contributed by atoms with van der Waals surface area (Å²) < 4.78 is 7.44. The Hall–Kier alpha value is -3.32. The Morgan fingerprint density at radius 1 is 1.06 bits per heavy atom. The van der Waals surface area contributed by atoms with Crippen LogP contribution >= 0.6 is 11.8 Å². The molecule has 0 bridgehead atoms. The molecule has 2 aromatic carbocycles. The first-order valence-electron chi connectivity index (χ1n) is 10.0. The fraction of sp³-hybridized carbons (Fsp3) is 0.208. The van der Waals surface area contributed by atoms with Crippen molar-refractivity contribution in [2.45, 2.75) is 25.0 Å². The van der Waals surface area contributed by atoms with Crippen molar-refractivity contribution in [1.82, 2.24) is 19.7 Å². The van der Waals surface area contributed by atoms with Gasteiger partial charge in [-0.1, -0.05) is 60.3 Å². The van der Waals surface area contributed by atoms with Gasteiger partial charge in [0.15, 0.2) is 11.0 Å². The number of nitrogens with zero attached hydrogens (tertiary/aromatic N) is 4. The molecule has 0 aliphatic rings. The summed E-state index contributed by atoms with van der Waals surface area (Å²) in [5.74, 6) is 1.76. The van der Waals surface area contributed by atoms with Crippen LogP contribution in [0.2, 0.25) is 0 Å². The summed E-state index contributed by atoms with van der Waals surface area (Å²) in [4.78, 5) is 14.7. The second-order valence-electron chi connectivity index (χ2n) is 7.25. The van der Waals surface area contributed by atoms with Crippen LogP contribution in [-0.2, 0) is 4.79 Å². The average molecular weight is 433 g/mol. The van der Waals surface area contributed by atoms with Gasteiger partial charge in [-0.05, 0) is 37.6 Å².